The third kappa shape index (κ3) is 13.4. The molecule has 0 bridgehead atoms. The molecule has 128 heavy (non-hydrogen) atoms. The molecular formula is C124H136N4+4. The number of hydrogen-bond donors (Lipinski definition) is 0. The van der Waals surface area contributed by atoms with Gasteiger partial charge in [0.2, 0.25) is 22.8 Å². The van der Waals surface area contributed by atoms with Crippen LogP contribution in [0.4, 0.5) is 0 Å². The summed E-state index contributed by atoms with van der Waals surface area (Å²) >= 11 is 0. The molecule has 0 aliphatic heterocycles. The summed E-state index contributed by atoms with van der Waals surface area (Å²) < 4.78 is 103. The van der Waals surface area contributed by atoms with Gasteiger partial charge in [-0.25, -0.2) is 18.3 Å². The van der Waals surface area contributed by atoms with Crippen LogP contribution in [0, 0.1) is 82.8 Å². The Morgan fingerprint density at radius 2 is 0.461 bits per heavy atom. The summed E-state index contributed by atoms with van der Waals surface area (Å²) in [5, 5.41) is 10.2. The van der Waals surface area contributed by atoms with Crippen molar-refractivity contribution in [2.45, 2.75) is 237 Å². The second kappa shape index (κ2) is 31.0. The molecule has 0 unspecified atom stereocenters. The monoisotopic (exact) mass is 1690 g/mol. The number of rotatable bonds is 4. The Morgan fingerprint density at radius 1 is 0.203 bits per heavy atom. The fourth-order valence-electron chi connectivity index (χ4n) is 22.3. The Kier molecular flexibility index (Phi) is 18.0. The van der Waals surface area contributed by atoms with Crippen molar-refractivity contribution in [3.8, 4) is 89.5 Å². The zero-order valence-electron chi connectivity index (χ0n) is 92.9. The third-order valence-corrected chi connectivity index (χ3v) is 33.0. The van der Waals surface area contributed by atoms with E-state index in [1.807, 2.05) is 86.3 Å². The van der Waals surface area contributed by atoms with E-state index in [0.717, 1.165) is 56.2 Å². The molecule has 0 amide bonds. The average molecular weight is 1690 g/mol. The van der Waals surface area contributed by atoms with E-state index in [0.29, 0.717) is 22.3 Å². The number of aryl methyl sites for hydroxylation is 14. The van der Waals surface area contributed by atoms with Crippen molar-refractivity contribution < 1.29 is 34.7 Å². The van der Waals surface area contributed by atoms with Gasteiger partial charge in [-0.2, -0.15) is 0 Å². The molecule has 0 fully saturated rings. The number of pyridine rings is 4. The molecule has 648 valence electrons. The molecule has 4 aromatic heterocycles. The van der Waals surface area contributed by atoms with Crippen LogP contribution in [0.2, 0.25) is 0 Å². The summed E-state index contributed by atoms with van der Waals surface area (Å²) in [4.78, 5) is 0. The molecule has 0 N–H and O–H groups in total. The van der Waals surface area contributed by atoms with Crippen LogP contribution in [0.5, 0.6) is 0 Å². The molecule has 4 heteroatoms. The molecule has 0 spiro atoms. The van der Waals surface area contributed by atoms with Gasteiger partial charge >= 0.3 is 0 Å². The highest BCUT2D eigenvalue weighted by molar-refractivity contribution is 6.02. The summed E-state index contributed by atoms with van der Waals surface area (Å²) in [6.07, 6.45) is 7.11. The Bertz CT molecular complexity index is 7620. The predicted octanol–water partition coefficient (Wildman–Crippen LogP) is 30.0. The van der Waals surface area contributed by atoms with Gasteiger partial charge in [-0.15, -0.1) is 0 Å². The first-order valence-electron chi connectivity index (χ1n) is 51.8. The molecule has 4 nitrogen and oxygen atoms in total. The lowest BCUT2D eigenvalue weighted by Crippen LogP contribution is -2.44. The van der Waals surface area contributed by atoms with Crippen molar-refractivity contribution in [3.05, 3.63) is 354 Å². The van der Waals surface area contributed by atoms with Gasteiger partial charge in [0.15, 0.2) is 24.8 Å². The Balaban J connectivity index is 0.000000129. The van der Waals surface area contributed by atoms with E-state index in [2.05, 4.69) is 345 Å². The smallest absolute Gasteiger partial charge is 0.201 e. The number of nitrogens with zero attached hydrogens (tertiary/aromatic N) is 4. The normalized spacial score (nSPS) is 17.8. The van der Waals surface area contributed by atoms with Gasteiger partial charge in [-0.3, -0.25) is 0 Å². The molecule has 0 saturated carbocycles. The highest BCUT2D eigenvalue weighted by Gasteiger charge is 2.52. The fraction of sp³-hybridized carbons (Fsp3) is 0.323. The number of benzene rings is 12. The van der Waals surface area contributed by atoms with E-state index in [1.54, 1.807) is 24.8 Å². The lowest BCUT2D eigenvalue weighted by atomic mass is 9.54. The predicted molar refractivity (Wildman–Crippen MR) is 545 cm³/mol. The topological polar surface area (TPSA) is 15.5 Å². The van der Waals surface area contributed by atoms with Crippen LogP contribution < -0.4 is 18.3 Å². The summed E-state index contributed by atoms with van der Waals surface area (Å²) in [5.41, 5.74) is 39.1. The van der Waals surface area contributed by atoms with Crippen LogP contribution in [0.25, 0.3) is 133 Å². The van der Waals surface area contributed by atoms with Crippen LogP contribution in [0.3, 0.4) is 0 Å². The van der Waals surface area contributed by atoms with E-state index >= 15 is 0 Å². The maximum absolute atomic E-state index is 7.97. The standard InChI is InChI=1S/4C31H34N/c1-19-13-16-25-28(27(19)26-17-20(2)21(3)18-32(26)8)24-15-14-22-11-9-10-12-23(22)29(24)31(6,7)30(25,4)5;1-19-15-28(32(8)18-20(19)2)24-13-14-26-29(21(24)3)25-16-22-11-9-10-12-23(22)17-27(25)31(6,7)30(26,4)5;1-19-13-14-25-29(28(19)27-15-20(2)21(3)18-32(27)8)24-16-22-11-9-10-12-23(22)17-26(24)31(6,7)30(25,4)5;1-19-17-27(32(8)18-20(19)2)23-15-16-26-28(21(23)3)25-14-13-22-11-9-10-12-24(22)29(25)31(6,7)30(26,4)5/h4*9-18H,1-8H3/q4*+1/i3D3;2D3;3D3;2D3. The van der Waals surface area contributed by atoms with E-state index in [4.69, 9.17) is 16.4 Å². The third-order valence-electron chi connectivity index (χ3n) is 33.0. The van der Waals surface area contributed by atoms with Crippen molar-refractivity contribution in [2.75, 3.05) is 0 Å². The van der Waals surface area contributed by atoms with Crippen molar-refractivity contribution in [2.24, 2.45) is 28.2 Å². The van der Waals surface area contributed by atoms with Crippen molar-refractivity contribution in [3.63, 3.8) is 0 Å². The average Bonchev–Trinajstić information content (AvgIpc) is 0.698. The molecule has 0 saturated heterocycles. The highest BCUT2D eigenvalue weighted by Crippen LogP contribution is 2.63. The quantitative estimate of drug-likeness (QED) is 0.156. The zero-order valence-corrected chi connectivity index (χ0v) is 80.9. The Morgan fingerprint density at radius 3 is 0.820 bits per heavy atom. The summed E-state index contributed by atoms with van der Waals surface area (Å²) in [7, 11) is 7.80. The minimum Gasteiger partial charge on any atom is -0.201 e. The Hall–Kier alpha value is -11.7. The number of aromatic nitrogens is 4. The van der Waals surface area contributed by atoms with E-state index < -0.39 is 27.4 Å². The first-order valence-corrected chi connectivity index (χ1v) is 45.8. The van der Waals surface area contributed by atoms with Gasteiger partial charge in [0.25, 0.3) is 0 Å². The van der Waals surface area contributed by atoms with Crippen LogP contribution >= 0.6 is 0 Å². The lowest BCUT2D eigenvalue weighted by molar-refractivity contribution is -0.660. The van der Waals surface area contributed by atoms with Crippen LogP contribution in [0.1, 0.15) is 238 Å². The first-order chi connectivity index (χ1) is 65.0. The summed E-state index contributed by atoms with van der Waals surface area (Å²) in [6.45, 7) is 45.7. The lowest BCUT2D eigenvalue weighted by Gasteiger charge is -2.49. The fourth-order valence-corrected chi connectivity index (χ4v) is 22.3. The Labute approximate surface area is 782 Å². The van der Waals surface area contributed by atoms with Crippen LogP contribution in [-0.4, -0.2) is 0 Å². The maximum Gasteiger partial charge on any atom is 0.213 e. The molecule has 4 aliphatic carbocycles. The first kappa shape index (κ1) is 74.2. The van der Waals surface area contributed by atoms with Gasteiger partial charge in [0, 0.05) is 84.9 Å². The molecule has 4 heterocycles. The van der Waals surface area contributed by atoms with Crippen LogP contribution in [0.15, 0.2) is 243 Å². The van der Waals surface area contributed by atoms with Crippen molar-refractivity contribution in [1.29, 1.82) is 0 Å². The maximum atomic E-state index is 7.97. The van der Waals surface area contributed by atoms with Gasteiger partial charge in [0.1, 0.15) is 28.2 Å². The molecule has 0 radical (unpaired) electrons. The van der Waals surface area contributed by atoms with Crippen LogP contribution in [-0.2, 0) is 71.5 Å². The molecule has 0 atom stereocenters. The SMILES string of the molecule is [2H]C([2H])([2H])c1c[n+](C)c(-c2c(C)ccc3c2-c2cc4ccccc4cc2C(C)(C)C3(C)C)cc1C.[2H]C([2H])([2H])c1c[n+](C)c(-c2c(C)ccc3c2-c2ccc4ccccc4c2C(C)(C)C3(C)C)cc1C.[2H]C([2H])([2H])c1c[n+](C)c(-c2ccc3c(c2C)-c2cc4ccccc4cc2C(C)(C)C3(C)C)cc1C.[2H]C([2H])([2H])c1c[n+](C)c(-c2ccc3c(c2C)-c2ccc4ccccc4c2C(C)(C)C3(C)C)cc1C. The zero-order chi connectivity index (χ0) is 102. The minimum absolute atomic E-state index is 0.0457. The summed E-state index contributed by atoms with van der Waals surface area (Å²) in [6, 6.07) is 79.4. The number of hydrogen-bond acceptors (Lipinski definition) is 0. The van der Waals surface area contributed by atoms with Gasteiger partial charge in [0.05, 0.1) is 11.1 Å². The van der Waals surface area contributed by atoms with Crippen molar-refractivity contribution >= 4 is 43.1 Å². The molecule has 4 aliphatic rings. The van der Waals surface area contributed by atoms with Gasteiger partial charge in [-0.05, 0) is 328 Å². The number of fused-ring (bicyclic) bond motifs is 18. The highest BCUT2D eigenvalue weighted by atomic mass is 14.9. The molecule has 16 aromatic rings. The second-order valence-electron chi connectivity index (χ2n) is 42.1. The van der Waals surface area contributed by atoms with Gasteiger partial charge < -0.3 is 0 Å². The molecule has 12 aromatic carbocycles. The van der Waals surface area contributed by atoms with E-state index in [-0.39, 0.29) is 43.3 Å². The largest absolute Gasteiger partial charge is 0.213 e. The summed E-state index contributed by atoms with van der Waals surface area (Å²) in [5.74, 6) is 0. The second-order valence-corrected chi connectivity index (χ2v) is 42.1. The van der Waals surface area contributed by atoms with Gasteiger partial charge in [-0.1, -0.05) is 269 Å². The van der Waals surface area contributed by atoms with Crippen molar-refractivity contribution in [1.82, 2.24) is 0 Å². The molecule has 20 rings (SSSR count). The minimum atomic E-state index is -2.14. The molecular weight excluding hydrogens is 1550 g/mol. The van der Waals surface area contributed by atoms with E-state index in [1.165, 1.54) is 165 Å². The van der Waals surface area contributed by atoms with E-state index in [9.17, 15) is 0 Å².